The minimum Gasteiger partial charge on any atom is -0.444 e. The number of rotatable bonds is 5. The first-order chi connectivity index (χ1) is 11.8. The Morgan fingerprint density at radius 2 is 2.16 bits per heavy atom. The molecule has 1 fully saturated rings. The van der Waals surface area contributed by atoms with E-state index in [4.69, 9.17) is 9.26 Å². The molecule has 0 unspecified atom stereocenters. The Hall–Kier alpha value is -2.38. The van der Waals surface area contributed by atoms with Crippen molar-refractivity contribution in [2.75, 3.05) is 0 Å². The van der Waals surface area contributed by atoms with Crippen LogP contribution in [0.5, 0.6) is 0 Å². The van der Waals surface area contributed by atoms with Gasteiger partial charge in [0.25, 0.3) is 0 Å². The van der Waals surface area contributed by atoms with E-state index in [0.717, 1.165) is 31.2 Å². The van der Waals surface area contributed by atoms with Gasteiger partial charge in [-0.15, -0.1) is 0 Å². The molecule has 1 aliphatic rings. The maximum absolute atomic E-state index is 12.1. The molecule has 0 atom stereocenters. The molecule has 8 nitrogen and oxygen atoms in total. The van der Waals surface area contributed by atoms with Crippen LogP contribution in [0.3, 0.4) is 0 Å². The predicted octanol–water partition coefficient (Wildman–Crippen LogP) is 2.49. The zero-order valence-electron chi connectivity index (χ0n) is 15.2. The zero-order chi connectivity index (χ0) is 18.1. The van der Waals surface area contributed by atoms with Gasteiger partial charge in [-0.05, 0) is 52.0 Å². The molecule has 1 amide bonds. The zero-order valence-corrected chi connectivity index (χ0v) is 15.2. The Bertz CT molecular complexity index is 740. The number of amides is 1. The lowest BCUT2D eigenvalue weighted by Crippen LogP contribution is -2.52. The summed E-state index contributed by atoms with van der Waals surface area (Å²) in [5.74, 6) is 1.10. The van der Waals surface area contributed by atoms with Gasteiger partial charge in [0, 0.05) is 19.7 Å². The summed E-state index contributed by atoms with van der Waals surface area (Å²) in [6.45, 7) is 5.51. The topological polar surface area (TPSA) is 95.1 Å². The quantitative estimate of drug-likeness (QED) is 0.893. The van der Waals surface area contributed by atoms with Gasteiger partial charge < -0.3 is 14.6 Å². The molecule has 2 aromatic heterocycles. The lowest BCUT2D eigenvalue weighted by Gasteiger charge is -2.39. The van der Waals surface area contributed by atoms with Crippen molar-refractivity contribution in [1.82, 2.24) is 25.2 Å². The largest absolute Gasteiger partial charge is 0.444 e. The van der Waals surface area contributed by atoms with Crippen LogP contribution in [0.15, 0.2) is 16.9 Å². The van der Waals surface area contributed by atoms with Crippen LogP contribution in [0.2, 0.25) is 0 Å². The molecule has 2 aromatic rings. The second kappa shape index (κ2) is 6.50. The fourth-order valence-corrected chi connectivity index (χ4v) is 2.84. The highest BCUT2D eigenvalue weighted by Crippen LogP contribution is 2.40. The maximum atomic E-state index is 12.1. The van der Waals surface area contributed by atoms with Gasteiger partial charge in [-0.2, -0.15) is 10.1 Å². The Morgan fingerprint density at radius 3 is 2.72 bits per heavy atom. The molecule has 1 saturated carbocycles. The smallest absolute Gasteiger partial charge is 0.408 e. The lowest BCUT2D eigenvalue weighted by molar-refractivity contribution is 0.0362. The summed E-state index contributed by atoms with van der Waals surface area (Å²) in [6, 6.07) is 0. The SMILES string of the molecule is Cn1cc(CCc2nc(C3(NC(=O)OC(C)(C)C)CCC3)no2)cn1. The maximum Gasteiger partial charge on any atom is 0.408 e. The summed E-state index contributed by atoms with van der Waals surface area (Å²) in [5, 5.41) is 11.2. The number of carbonyl (C=O) groups is 1. The fourth-order valence-electron chi connectivity index (χ4n) is 2.84. The number of aromatic nitrogens is 4. The predicted molar refractivity (Wildman–Crippen MR) is 89.8 cm³/mol. The van der Waals surface area contributed by atoms with Crippen LogP contribution >= 0.6 is 0 Å². The first-order valence-corrected chi connectivity index (χ1v) is 8.58. The van der Waals surface area contributed by atoms with Crippen molar-refractivity contribution in [2.45, 2.75) is 64.0 Å². The van der Waals surface area contributed by atoms with Crippen LogP contribution in [-0.2, 0) is 30.2 Å². The number of aryl methyl sites for hydroxylation is 3. The van der Waals surface area contributed by atoms with Crippen molar-refractivity contribution < 1.29 is 14.1 Å². The molecular formula is C17H25N5O3. The van der Waals surface area contributed by atoms with E-state index in [9.17, 15) is 4.79 Å². The van der Waals surface area contributed by atoms with E-state index >= 15 is 0 Å². The van der Waals surface area contributed by atoms with E-state index < -0.39 is 17.2 Å². The molecule has 0 aliphatic heterocycles. The third-order valence-corrected chi connectivity index (χ3v) is 4.23. The summed E-state index contributed by atoms with van der Waals surface area (Å²) in [7, 11) is 1.89. The molecule has 0 bridgehead atoms. The molecule has 0 saturated heterocycles. The monoisotopic (exact) mass is 347 g/mol. The van der Waals surface area contributed by atoms with Gasteiger partial charge in [0.05, 0.1) is 6.20 Å². The highest BCUT2D eigenvalue weighted by molar-refractivity contribution is 5.69. The van der Waals surface area contributed by atoms with Crippen molar-refractivity contribution >= 4 is 6.09 Å². The van der Waals surface area contributed by atoms with Crippen molar-refractivity contribution in [3.63, 3.8) is 0 Å². The Balaban J connectivity index is 1.63. The van der Waals surface area contributed by atoms with Crippen LogP contribution in [0.1, 0.15) is 57.3 Å². The summed E-state index contributed by atoms with van der Waals surface area (Å²) >= 11 is 0. The average Bonchev–Trinajstić information content (AvgIpc) is 3.08. The average molecular weight is 347 g/mol. The van der Waals surface area contributed by atoms with Crippen LogP contribution in [0.4, 0.5) is 4.79 Å². The van der Waals surface area contributed by atoms with Crippen molar-refractivity contribution in [1.29, 1.82) is 0 Å². The van der Waals surface area contributed by atoms with Crippen LogP contribution in [-0.4, -0.2) is 31.6 Å². The molecule has 2 heterocycles. The fraction of sp³-hybridized carbons (Fsp3) is 0.647. The Morgan fingerprint density at radius 1 is 1.40 bits per heavy atom. The van der Waals surface area contributed by atoms with Crippen molar-refractivity contribution in [3.8, 4) is 0 Å². The Kier molecular flexibility index (Phi) is 4.53. The molecular weight excluding hydrogens is 322 g/mol. The number of ether oxygens (including phenoxy) is 1. The molecule has 0 radical (unpaired) electrons. The van der Waals surface area contributed by atoms with Gasteiger partial charge in [-0.1, -0.05) is 5.16 Å². The number of hydrogen-bond donors (Lipinski definition) is 1. The third kappa shape index (κ3) is 4.18. The third-order valence-electron chi connectivity index (χ3n) is 4.23. The van der Waals surface area contributed by atoms with Gasteiger partial charge in [-0.25, -0.2) is 4.79 Å². The minimum atomic E-state index is -0.571. The van der Waals surface area contributed by atoms with Crippen LogP contribution in [0, 0.1) is 0 Å². The second-order valence-corrected chi connectivity index (χ2v) is 7.60. The lowest BCUT2D eigenvalue weighted by atomic mass is 9.76. The molecule has 136 valence electrons. The summed E-state index contributed by atoms with van der Waals surface area (Å²) in [4.78, 5) is 16.6. The van der Waals surface area contributed by atoms with E-state index in [1.165, 1.54) is 0 Å². The molecule has 3 rings (SSSR count). The van der Waals surface area contributed by atoms with Gasteiger partial charge in [0.1, 0.15) is 11.1 Å². The van der Waals surface area contributed by atoms with Gasteiger partial charge >= 0.3 is 6.09 Å². The van der Waals surface area contributed by atoms with Crippen LogP contribution in [0.25, 0.3) is 0 Å². The molecule has 0 spiro atoms. The van der Waals surface area contributed by atoms with E-state index in [0.29, 0.717) is 18.1 Å². The first kappa shape index (κ1) is 17.4. The van der Waals surface area contributed by atoms with E-state index in [2.05, 4.69) is 20.6 Å². The number of alkyl carbamates (subject to hydrolysis) is 1. The van der Waals surface area contributed by atoms with Crippen LogP contribution < -0.4 is 5.32 Å². The number of carbonyl (C=O) groups excluding carboxylic acids is 1. The standard InChI is InChI=1S/C17H25N5O3/c1-16(2,3)24-15(23)20-17(8-5-9-17)14-19-13(25-21-14)7-6-12-10-18-22(4)11-12/h10-11H,5-9H2,1-4H3,(H,20,23). The molecule has 1 aliphatic carbocycles. The Labute approximate surface area is 146 Å². The van der Waals surface area contributed by atoms with Gasteiger partial charge in [0.15, 0.2) is 5.82 Å². The number of nitrogens with zero attached hydrogens (tertiary/aromatic N) is 4. The second-order valence-electron chi connectivity index (χ2n) is 7.60. The first-order valence-electron chi connectivity index (χ1n) is 8.58. The normalized spacial score (nSPS) is 16.3. The van der Waals surface area contributed by atoms with E-state index in [1.807, 2.05) is 40.2 Å². The number of hydrogen-bond acceptors (Lipinski definition) is 6. The van der Waals surface area contributed by atoms with E-state index in [1.54, 1.807) is 4.68 Å². The number of nitrogens with one attached hydrogen (secondary N) is 1. The highest BCUT2D eigenvalue weighted by Gasteiger charge is 2.45. The van der Waals surface area contributed by atoms with Gasteiger partial charge in [0.2, 0.25) is 5.89 Å². The molecule has 1 N–H and O–H groups in total. The van der Waals surface area contributed by atoms with Gasteiger partial charge in [-0.3, -0.25) is 4.68 Å². The van der Waals surface area contributed by atoms with Crippen molar-refractivity contribution in [2.24, 2.45) is 7.05 Å². The summed E-state index contributed by atoms with van der Waals surface area (Å²) in [6.07, 6.45) is 7.35. The molecule has 25 heavy (non-hydrogen) atoms. The minimum absolute atomic E-state index is 0.450. The summed E-state index contributed by atoms with van der Waals surface area (Å²) < 4.78 is 12.5. The molecule has 8 heteroatoms. The molecule has 0 aromatic carbocycles. The van der Waals surface area contributed by atoms with Crippen molar-refractivity contribution in [3.05, 3.63) is 29.7 Å². The summed E-state index contributed by atoms with van der Waals surface area (Å²) in [5.41, 5.74) is 0.00648. The highest BCUT2D eigenvalue weighted by atomic mass is 16.6. The van der Waals surface area contributed by atoms with E-state index in [-0.39, 0.29) is 0 Å².